The van der Waals surface area contributed by atoms with E-state index in [0.717, 1.165) is 33.3 Å². The Morgan fingerprint density at radius 3 is 2.02 bits per heavy atom. The first kappa shape index (κ1) is 25.5. The molecule has 0 fully saturated rings. The van der Waals surface area contributed by atoms with Crippen LogP contribution >= 0.6 is 0 Å². The van der Waals surface area contributed by atoms with Gasteiger partial charge in [-0.15, -0.1) is 0 Å². The maximum absolute atomic E-state index is 6.52. The van der Waals surface area contributed by atoms with Crippen LogP contribution in [0.1, 0.15) is 67.6 Å². The number of benzene rings is 4. The number of fused-ring (bicyclic) bond motifs is 3. The Balaban J connectivity index is 1.25. The summed E-state index contributed by atoms with van der Waals surface area (Å²) in [6.45, 7) is 8.71. The topological polar surface area (TPSA) is 29.9 Å². The van der Waals surface area contributed by atoms with E-state index in [1.165, 1.54) is 61.2 Å². The smallest absolute Gasteiger partial charge is 0.227 e. The van der Waals surface area contributed by atoms with Crippen molar-refractivity contribution in [2.75, 3.05) is 0 Å². The van der Waals surface area contributed by atoms with Gasteiger partial charge >= 0.3 is 0 Å². The maximum Gasteiger partial charge on any atom is 0.227 e. The molecule has 0 unspecified atom stereocenters. The van der Waals surface area contributed by atoms with Crippen LogP contribution in [-0.4, -0.2) is 4.98 Å². The van der Waals surface area contributed by atoms with E-state index < -0.39 is 0 Å². The molecule has 3 aliphatic rings. The van der Waals surface area contributed by atoms with Crippen LogP contribution in [0.15, 0.2) is 102 Å². The molecular formula is C41H33N2O+. The van der Waals surface area contributed by atoms with Crippen molar-refractivity contribution >= 4 is 22.1 Å². The van der Waals surface area contributed by atoms with Crippen LogP contribution in [-0.2, 0) is 7.05 Å². The second-order valence-electron chi connectivity index (χ2n) is 12.8. The molecule has 7 aromatic rings. The van der Waals surface area contributed by atoms with Crippen molar-refractivity contribution in [1.82, 2.24) is 4.98 Å². The molecule has 0 saturated heterocycles. The van der Waals surface area contributed by atoms with Gasteiger partial charge in [-0.2, -0.15) is 0 Å². The molecule has 0 atom stereocenters. The first-order valence-corrected chi connectivity index (χ1v) is 15.5. The molecule has 0 saturated carbocycles. The van der Waals surface area contributed by atoms with Crippen molar-refractivity contribution < 1.29 is 8.98 Å². The number of aromatic nitrogens is 2. The summed E-state index contributed by atoms with van der Waals surface area (Å²) in [5, 5.41) is 2.18. The number of hydrogen-bond donors (Lipinski definition) is 0. The van der Waals surface area contributed by atoms with E-state index in [2.05, 4.69) is 130 Å². The molecule has 0 radical (unpaired) electrons. The van der Waals surface area contributed by atoms with Gasteiger partial charge in [-0.3, -0.25) is 0 Å². The lowest BCUT2D eigenvalue weighted by Crippen LogP contribution is -2.30. The number of pyridine rings is 2. The van der Waals surface area contributed by atoms with E-state index in [1.54, 1.807) is 0 Å². The van der Waals surface area contributed by atoms with Gasteiger partial charge in [0.25, 0.3) is 0 Å². The van der Waals surface area contributed by atoms with Gasteiger partial charge in [-0.05, 0) is 113 Å². The molecule has 0 spiro atoms. The Labute approximate surface area is 257 Å². The van der Waals surface area contributed by atoms with Crippen molar-refractivity contribution in [1.29, 1.82) is 0 Å². The Kier molecular flexibility index (Phi) is 5.21. The molecule has 2 bridgehead atoms. The SMILES string of the molecule is Cc1ccc2c(n1)oc1c(-c3cc(-c4cc(C)c5c(c4)C4c6ccccc6C5c5ccccc54)cc[n+]3C)c(C)c(C)cc12. The number of hydrogen-bond acceptors (Lipinski definition) is 2. The molecule has 3 nitrogen and oxygen atoms in total. The lowest BCUT2D eigenvalue weighted by atomic mass is 9.60. The van der Waals surface area contributed by atoms with Crippen LogP contribution in [0.2, 0.25) is 0 Å². The van der Waals surface area contributed by atoms with Gasteiger partial charge in [0.2, 0.25) is 11.4 Å². The molecule has 44 heavy (non-hydrogen) atoms. The van der Waals surface area contributed by atoms with Crippen molar-refractivity contribution in [3.63, 3.8) is 0 Å². The zero-order valence-electron chi connectivity index (χ0n) is 25.7. The average molecular weight is 570 g/mol. The van der Waals surface area contributed by atoms with Crippen molar-refractivity contribution in [2.45, 2.75) is 39.5 Å². The normalized spacial score (nSPS) is 16.3. The number of aryl methyl sites for hydroxylation is 4. The Morgan fingerprint density at radius 2 is 1.32 bits per heavy atom. The molecule has 3 heterocycles. The molecule has 3 heteroatoms. The summed E-state index contributed by atoms with van der Waals surface area (Å²) < 4.78 is 8.74. The zero-order chi connectivity index (χ0) is 29.9. The second kappa shape index (κ2) is 9.00. The van der Waals surface area contributed by atoms with Gasteiger partial charge in [0, 0.05) is 40.4 Å². The lowest BCUT2D eigenvalue weighted by molar-refractivity contribution is -0.660. The second-order valence-corrected chi connectivity index (χ2v) is 12.8. The largest absolute Gasteiger partial charge is 0.437 e. The minimum absolute atomic E-state index is 0.255. The van der Waals surface area contributed by atoms with Crippen LogP contribution in [0.5, 0.6) is 0 Å². The molecular weight excluding hydrogens is 536 g/mol. The van der Waals surface area contributed by atoms with Gasteiger partial charge in [0.15, 0.2) is 11.8 Å². The quantitative estimate of drug-likeness (QED) is 0.194. The highest BCUT2D eigenvalue weighted by atomic mass is 16.3. The Morgan fingerprint density at radius 1 is 0.636 bits per heavy atom. The van der Waals surface area contributed by atoms with E-state index in [0.29, 0.717) is 5.71 Å². The highest BCUT2D eigenvalue weighted by molar-refractivity contribution is 6.09. The molecule has 0 N–H and O–H groups in total. The van der Waals surface area contributed by atoms with Crippen LogP contribution in [0, 0.1) is 27.7 Å². The summed E-state index contributed by atoms with van der Waals surface area (Å²) in [5.41, 5.74) is 19.9. The summed E-state index contributed by atoms with van der Waals surface area (Å²) in [6.07, 6.45) is 2.19. The minimum Gasteiger partial charge on any atom is -0.437 e. The number of nitrogens with zero attached hydrogens (tertiary/aromatic N) is 2. The van der Waals surface area contributed by atoms with Gasteiger partial charge in [-0.1, -0.05) is 54.6 Å². The summed E-state index contributed by atoms with van der Waals surface area (Å²) in [7, 11) is 2.13. The third-order valence-electron chi connectivity index (χ3n) is 10.3. The third kappa shape index (κ3) is 3.38. The molecule has 0 amide bonds. The fraction of sp³-hybridized carbons (Fsp3) is 0.171. The predicted octanol–water partition coefficient (Wildman–Crippen LogP) is 9.36. The molecule has 10 rings (SSSR count). The highest BCUT2D eigenvalue weighted by Gasteiger charge is 2.42. The van der Waals surface area contributed by atoms with Gasteiger partial charge in [-0.25, -0.2) is 9.55 Å². The third-order valence-corrected chi connectivity index (χ3v) is 10.3. The van der Waals surface area contributed by atoms with E-state index in [-0.39, 0.29) is 11.8 Å². The number of rotatable bonds is 2. The Hall–Kier alpha value is -5.02. The molecule has 3 aliphatic carbocycles. The highest BCUT2D eigenvalue weighted by Crippen LogP contribution is 2.57. The summed E-state index contributed by atoms with van der Waals surface area (Å²) in [4.78, 5) is 4.72. The number of furan rings is 1. The van der Waals surface area contributed by atoms with Crippen LogP contribution in [0.25, 0.3) is 44.5 Å². The van der Waals surface area contributed by atoms with Crippen molar-refractivity contribution in [3.8, 4) is 22.4 Å². The Bertz CT molecular complexity index is 2310. The van der Waals surface area contributed by atoms with Gasteiger partial charge in [0.1, 0.15) is 7.05 Å². The van der Waals surface area contributed by atoms with Crippen molar-refractivity contribution in [2.24, 2.45) is 7.05 Å². The van der Waals surface area contributed by atoms with E-state index in [9.17, 15) is 0 Å². The lowest BCUT2D eigenvalue weighted by Gasteiger charge is -2.43. The minimum atomic E-state index is 0.255. The maximum atomic E-state index is 6.52. The molecule has 212 valence electrons. The fourth-order valence-electron chi connectivity index (χ4n) is 8.10. The first-order valence-electron chi connectivity index (χ1n) is 15.5. The fourth-order valence-corrected chi connectivity index (χ4v) is 8.10. The van der Waals surface area contributed by atoms with Gasteiger partial charge in [0.05, 0.1) is 5.56 Å². The van der Waals surface area contributed by atoms with E-state index in [1.807, 2.05) is 6.92 Å². The monoisotopic (exact) mass is 569 g/mol. The molecule has 0 aliphatic heterocycles. The van der Waals surface area contributed by atoms with E-state index in [4.69, 9.17) is 9.40 Å². The van der Waals surface area contributed by atoms with Crippen LogP contribution < -0.4 is 4.57 Å². The summed E-state index contributed by atoms with van der Waals surface area (Å²) in [6, 6.07) is 34.0. The summed E-state index contributed by atoms with van der Waals surface area (Å²) in [5.74, 6) is 0.541. The van der Waals surface area contributed by atoms with E-state index >= 15 is 0 Å². The predicted molar refractivity (Wildman–Crippen MR) is 177 cm³/mol. The van der Waals surface area contributed by atoms with Gasteiger partial charge < -0.3 is 4.42 Å². The van der Waals surface area contributed by atoms with Crippen LogP contribution in [0.3, 0.4) is 0 Å². The standard InChI is InChI=1S/C41H33N2O/c1-22-19-33-32-15-14-24(3)42-41(32)44-40(33)37(25(22)4)35-21-26(16-17-43(35)5)27-18-23(2)36-34(20-27)38-28-10-6-8-12-30(28)39(36)31-13-9-7-11-29(31)38/h6-21,38-39H,1-5H3/q+1. The zero-order valence-corrected chi connectivity index (χ0v) is 25.7. The summed E-state index contributed by atoms with van der Waals surface area (Å²) >= 11 is 0. The first-order chi connectivity index (χ1) is 21.4. The average Bonchev–Trinajstić information content (AvgIpc) is 3.38. The molecule has 3 aromatic heterocycles. The van der Waals surface area contributed by atoms with Crippen molar-refractivity contribution in [3.05, 3.63) is 153 Å². The molecule has 4 aromatic carbocycles. The van der Waals surface area contributed by atoms with Crippen LogP contribution in [0.4, 0.5) is 0 Å².